The minimum atomic E-state index is -0.662. The number of hydrogen-bond acceptors (Lipinski definition) is 5. The van der Waals surface area contributed by atoms with Crippen LogP contribution in [0.3, 0.4) is 0 Å². The maximum atomic E-state index is 12.5. The smallest absolute Gasteiger partial charge is 0.305 e. The van der Waals surface area contributed by atoms with Crippen molar-refractivity contribution in [2.75, 3.05) is 13.2 Å². The number of nitrogens with one attached hydrogen (secondary N) is 1. The Balaban J connectivity index is 3.36. The molecule has 0 aromatic rings. The van der Waals surface area contributed by atoms with Gasteiger partial charge in [0, 0.05) is 12.8 Å². The highest BCUT2D eigenvalue weighted by Crippen LogP contribution is 2.18. The molecule has 0 heterocycles. The van der Waals surface area contributed by atoms with E-state index in [9.17, 15) is 19.8 Å². The zero-order chi connectivity index (χ0) is 53.6. The first-order valence-electron chi connectivity index (χ1n) is 33.6. The third kappa shape index (κ3) is 59.6. The lowest BCUT2D eigenvalue weighted by molar-refractivity contribution is -0.143. The quantitative estimate of drug-likeness (QED) is 0.0320. The van der Waals surface area contributed by atoms with Crippen LogP contribution >= 0.6 is 0 Å². The van der Waals surface area contributed by atoms with Gasteiger partial charge in [0.15, 0.2) is 0 Å². The van der Waals surface area contributed by atoms with Crippen molar-refractivity contribution in [1.29, 1.82) is 0 Å². The molecule has 0 bridgehead atoms. The summed E-state index contributed by atoms with van der Waals surface area (Å²) in [5.74, 6) is -0.0173. The number of carbonyl (C=O) groups is 2. The van der Waals surface area contributed by atoms with E-state index in [2.05, 4.69) is 43.5 Å². The van der Waals surface area contributed by atoms with Gasteiger partial charge in [0.05, 0.1) is 25.4 Å². The maximum Gasteiger partial charge on any atom is 0.305 e. The standard InChI is InChI=1S/C68H131NO5/c1-3-5-7-9-11-13-15-16-34-38-42-46-50-54-58-62-68(73)74-63-59-55-51-47-43-39-36-33-31-29-27-25-23-21-19-17-18-20-22-24-26-28-30-32-35-37-41-45-49-53-57-61-67(72)69-65(64-70)66(71)60-56-52-48-44-40-14-12-10-8-6-4-2/h19,21,25,27,65-66,70-71H,3-18,20,22-24,26,28-64H2,1-2H3,(H,69,72)/b21-19-,27-25-. The first-order valence-corrected chi connectivity index (χ1v) is 33.6. The molecule has 6 nitrogen and oxygen atoms in total. The van der Waals surface area contributed by atoms with Gasteiger partial charge in [-0.2, -0.15) is 0 Å². The minimum Gasteiger partial charge on any atom is -0.466 e. The zero-order valence-electron chi connectivity index (χ0n) is 50.1. The van der Waals surface area contributed by atoms with Gasteiger partial charge in [-0.05, 0) is 57.8 Å². The number of hydrogen-bond donors (Lipinski definition) is 3. The second-order valence-electron chi connectivity index (χ2n) is 23.2. The molecule has 0 aliphatic carbocycles. The molecule has 0 fully saturated rings. The summed E-state index contributed by atoms with van der Waals surface area (Å²) in [6, 6.07) is -0.539. The molecule has 3 N–H and O–H groups in total. The Bertz CT molecular complexity index is 1150. The lowest BCUT2D eigenvalue weighted by Crippen LogP contribution is -2.45. The van der Waals surface area contributed by atoms with Crippen molar-refractivity contribution in [2.24, 2.45) is 0 Å². The van der Waals surface area contributed by atoms with E-state index in [4.69, 9.17) is 4.74 Å². The van der Waals surface area contributed by atoms with Crippen molar-refractivity contribution in [3.8, 4) is 0 Å². The summed E-state index contributed by atoms with van der Waals surface area (Å²) < 4.78 is 5.49. The number of allylic oxidation sites excluding steroid dienone is 4. The molecule has 2 atom stereocenters. The zero-order valence-corrected chi connectivity index (χ0v) is 50.1. The summed E-state index contributed by atoms with van der Waals surface area (Å²) in [5.41, 5.74) is 0. The third-order valence-electron chi connectivity index (χ3n) is 15.8. The van der Waals surface area contributed by atoms with E-state index in [1.807, 2.05) is 0 Å². The number of aliphatic hydroxyl groups is 2. The highest BCUT2D eigenvalue weighted by atomic mass is 16.5. The molecule has 0 saturated carbocycles. The van der Waals surface area contributed by atoms with E-state index < -0.39 is 12.1 Å². The van der Waals surface area contributed by atoms with Gasteiger partial charge >= 0.3 is 5.97 Å². The maximum absolute atomic E-state index is 12.5. The molecule has 2 unspecified atom stereocenters. The van der Waals surface area contributed by atoms with Gasteiger partial charge in [-0.3, -0.25) is 9.59 Å². The van der Waals surface area contributed by atoms with Crippen molar-refractivity contribution in [3.63, 3.8) is 0 Å². The number of ether oxygens (including phenoxy) is 1. The summed E-state index contributed by atoms with van der Waals surface area (Å²) in [4.78, 5) is 24.5. The van der Waals surface area contributed by atoms with Gasteiger partial charge in [0.25, 0.3) is 0 Å². The van der Waals surface area contributed by atoms with E-state index in [1.54, 1.807) is 0 Å². The predicted molar refractivity (Wildman–Crippen MR) is 324 cm³/mol. The van der Waals surface area contributed by atoms with Crippen LogP contribution in [0, 0.1) is 0 Å². The van der Waals surface area contributed by atoms with Crippen LogP contribution in [0.25, 0.3) is 0 Å². The van der Waals surface area contributed by atoms with Gasteiger partial charge in [-0.25, -0.2) is 0 Å². The predicted octanol–water partition coefficient (Wildman–Crippen LogP) is 21.4. The molecule has 0 rings (SSSR count). The average Bonchev–Trinajstić information content (AvgIpc) is 3.40. The number of rotatable bonds is 63. The van der Waals surface area contributed by atoms with Gasteiger partial charge in [-0.15, -0.1) is 0 Å². The number of aliphatic hydroxyl groups excluding tert-OH is 2. The van der Waals surface area contributed by atoms with Gasteiger partial charge in [-0.1, -0.05) is 327 Å². The summed E-state index contributed by atoms with van der Waals surface area (Å²) in [7, 11) is 0. The normalized spacial score (nSPS) is 12.6. The molecule has 0 aliphatic heterocycles. The first kappa shape index (κ1) is 72.3. The monoisotopic (exact) mass is 1040 g/mol. The van der Waals surface area contributed by atoms with E-state index in [0.29, 0.717) is 25.9 Å². The third-order valence-corrected chi connectivity index (χ3v) is 15.8. The second kappa shape index (κ2) is 63.9. The molecule has 0 spiro atoms. The fourth-order valence-electron chi connectivity index (χ4n) is 10.6. The van der Waals surface area contributed by atoms with Crippen LogP contribution in [-0.2, 0) is 14.3 Å². The van der Waals surface area contributed by atoms with E-state index in [0.717, 1.165) is 44.9 Å². The molecule has 0 saturated heterocycles. The Labute approximate surface area is 462 Å². The van der Waals surface area contributed by atoms with Crippen molar-refractivity contribution in [3.05, 3.63) is 24.3 Å². The molecule has 438 valence electrons. The number of carbonyl (C=O) groups excluding carboxylic acids is 2. The Morgan fingerprint density at radius 1 is 0.378 bits per heavy atom. The Hall–Kier alpha value is -1.66. The van der Waals surface area contributed by atoms with Crippen molar-refractivity contribution in [2.45, 2.75) is 386 Å². The summed E-state index contributed by atoms with van der Waals surface area (Å²) in [6.45, 7) is 4.97. The first-order chi connectivity index (χ1) is 36.5. The summed E-state index contributed by atoms with van der Waals surface area (Å²) in [6.07, 6.45) is 79.4. The Morgan fingerprint density at radius 3 is 1.03 bits per heavy atom. The van der Waals surface area contributed by atoms with Gasteiger partial charge in [0.1, 0.15) is 0 Å². The fourth-order valence-corrected chi connectivity index (χ4v) is 10.6. The number of unbranched alkanes of at least 4 members (excludes halogenated alkanes) is 48. The van der Waals surface area contributed by atoms with Crippen LogP contribution in [0.2, 0.25) is 0 Å². The topological polar surface area (TPSA) is 95.9 Å². The SMILES string of the molecule is CCCCCCCCCCCCCCCCCC(=O)OCCCCCCCCCCC/C=C\C/C=C\CCCCCCCCCCCCCCCCCC(=O)NC(CO)C(O)CCCCCCCCCCCCC. The molecular formula is C68H131NO5. The van der Waals surface area contributed by atoms with Crippen LogP contribution in [0.4, 0.5) is 0 Å². The molecular weight excluding hydrogens is 911 g/mol. The molecule has 0 radical (unpaired) electrons. The van der Waals surface area contributed by atoms with Crippen LogP contribution in [0.1, 0.15) is 373 Å². The van der Waals surface area contributed by atoms with E-state index in [1.165, 1.54) is 295 Å². The Morgan fingerprint density at radius 2 is 0.676 bits per heavy atom. The second-order valence-corrected chi connectivity index (χ2v) is 23.2. The number of esters is 1. The lowest BCUT2D eigenvalue weighted by atomic mass is 10.0. The van der Waals surface area contributed by atoms with Crippen LogP contribution < -0.4 is 5.32 Å². The largest absolute Gasteiger partial charge is 0.466 e. The highest BCUT2D eigenvalue weighted by Gasteiger charge is 2.20. The Kier molecular flexibility index (Phi) is 62.4. The van der Waals surface area contributed by atoms with Crippen LogP contribution in [0.15, 0.2) is 24.3 Å². The molecule has 0 aromatic heterocycles. The molecule has 0 aliphatic rings. The minimum absolute atomic E-state index is 0.0165. The number of amides is 1. The molecule has 1 amide bonds. The van der Waals surface area contributed by atoms with Crippen LogP contribution in [-0.4, -0.2) is 47.4 Å². The van der Waals surface area contributed by atoms with Crippen LogP contribution in [0.5, 0.6) is 0 Å². The molecule has 6 heteroatoms. The lowest BCUT2D eigenvalue weighted by Gasteiger charge is -2.22. The van der Waals surface area contributed by atoms with E-state index in [-0.39, 0.29) is 18.5 Å². The summed E-state index contributed by atoms with van der Waals surface area (Å²) in [5, 5.41) is 23.2. The van der Waals surface area contributed by atoms with Crippen molar-refractivity contribution < 1.29 is 24.5 Å². The van der Waals surface area contributed by atoms with E-state index >= 15 is 0 Å². The highest BCUT2D eigenvalue weighted by molar-refractivity contribution is 5.76. The van der Waals surface area contributed by atoms with Crippen molar-refractivity contribution >= 4 is 11.9 Å². The van der Waals surface area contributed by atoms with Gasteiger partial charge in [0.2, 0.25) is 5.91 Å². The fraction of sp³-hybridized carbons (Fsp3) is 0.912. The molecule has 74 heavy (non-hydrogen) atoms. The van der Waals surface area contributed by atoms with Gasteiger partial charge < -0.3 is 20.3 Å². The molecule has 0 aromatic carbocycles. The average molecular weight is 1040 g/mol. The van der Waals surface area contributed by atoms with Crippen molar-refractivity contribution in [1.82, 2.24) is 5.32 Å². The summed E-state index contributed by atoms with van der Waals surface area (Å²) >= 11 is 0.